The average Bonchev–Trinajstić information content (AvgIpc) is 2.86. The van der Waals surface area contributed by atoms with Crippen molar-refractivity contribution in [1.29, 1.82) is 0 Å². The van der Waals surface area contributed by atoms with Crippen LogP contribution in [0.15, 0.2) is 41.0 Å². The van der Waals surface area contributed by atoms with Crippen LogP contribution in [-0.4, -0.2) is 25.6 Å². The number of hydrogen-bond donors (Lipinski definition) is 0. The van der Waals surface area contributed by atoms with Crippen molar-refractivity contribution in [1.82, 2.24) is 4.90 Å². The van der Waals surface area contributed by atoms with Crippen LogP contribution in [0.3, 0.4) is 0 Å². The number of furan rings is 1. The monoisotopic (exact) mass is 243 g/mol. The minimum Gasteiger partial charge on any atom is -0.497 e. The second kappa shape index (κ2) is 4.50. The normalized spacial score (nSPS) is 19.6. The van der Waals surface area contributed by atoms with Gasteiger partial charge in [0.15, 0.2) is 0 Å². The van der Waals surface area contributed by atoms with Gasteiger partial charge in [0.25, 0.3) is 0 Å². The van der Waals surface area contributed by atoms with E-state index in [2.05, 4.69) is 30.1 Å². The number of nitrogens with zero attached hydrogens (tertiary/aromatic N) is 1. The van der Waals surface area contributed by atoms with Crippen LogP contribution in [0, 0.1) is 0 Å². The molecule has 0 saturated carbocycles. The van der Waals surface area contributed by atoms with E-state index in [4.69, 9.17) is 9.15 Å². The zero-order chi connectivity index (χ0) is 12.5. The molecule has 18 heavy (non-hydrogen) atoms. The fraction of sp³-hybridized carbons (Fsp3) is 0.333. The van der Waals surface area contributed by atoms with Crippen molar-refractivity contribution < 1.29 is 9.15 Å². The third-order valence-electron chi connectivity index (χ3n) is 3.58. The van der Waals surface area contributed by atoms with E-state index in [-0.39, 0.29) is 0 Å². The first-order valence-corrected chi connectivity index (χ1v) is 6.16. The van der Waals surface area contributed by atoms with Crippen molar-refractivity contribution in [3.05, 3.63) is 53.5 Å². The number of benzene rings is 1. The molecule has 1 aromatic carbocycles. The Labute approximate surface area is 107 Å². The summed E-state index contributed by atoms with van der Waals surface area (Å²) in [7, 11) is 3.82. The van der Waals surface area contributed by atoms with Gasteiger partial charge in [-0.05, 0) is 30.8 Å². The topological polar surface area (TPSA) is 25.6 Å². The average molecular weight is 243 g/mol. The Morgan fingerprint density at radius 1 is 1.22 bits per heavy atom. The smallest absolute Gasteiger partial charge is 0.121 e. The number of ether oxygens (including phenoxy) is 1. The van der Waals surface area contributed by atoms with Gasteiger partial charge in [0.2, 0.25) is 0 Å². The Morgan fingerprint density at radius 3 is 2.72 bits per heavy atom. The van der Waals surface area contributed by atoms with E-state index in [9.17, 15) is 0 Å². The van der Waals surface area contributed by atoms with Gasteiger partial charge in [0, 0.05) is 18.0 Å². The first-order valence-electron chi connectivity index (χ1n) is 6.16. The molecule has 1 aliphatic rings. The van der Waals surface area contributed by atoms with Crippen LogP contribution >= 0.6 is 0 Å². The molecule has 0 amide bonds. The molecule has 0 saturated heterocycles. The highest BCUT2D eigenvalue weighted by atomic mass is 16.5. The van der Waals surface area contributed by atoms with Gasteiger partial charge < -0.3 is 9.15 Å². The van der Waals surface area contributed by atoms with Gasteiger partial charge in [-0.25, -0.2) is 0 Å². The number of methoxy groups -OCH3 is 1. The lowest BCUT2D eigenvalue weighted by molar-refractivity contribution is 0.262. The van der Waals surface area contributed by atoms with E-state index in [1.807, 2.05) is 12.1 Å². The molecule has 0 aliphatic carbocycles. The Morgan fingerprint density at radius 2 is 2.00 bits per heavy atom. The summed E-state index contributed by atoms with van der Waals surface area (Å²) in [6.45, 7) is 1.92. The van der Waals surface area contributed by atoms with Crippen LogP contribution in [0.4, 0.5) is 0 Å². The van der Waals surface area contributed by atoms with Crippen LogP contribution in [0.25, 0.3) is 0 Å². The molecule has 2 heterocycles. The van der Waals surface area contributed by atoms with Gasteiger partial charge in [-0.15, -0.1) is 0 Å². The second-order valence-electron chi connectivity index (χ2n) is 4.82. The molecule has 0 bridgehead atoms. The fourth-order valence-corrected chi connectivity index (χ4v) is 2.63. The summed E-state index contributed by atoms with van der Waals surface area (Å²) in [6.07, 6.45) is 1.79. The standard InChI is InChI=1S/C15H17NO2/c1-16-9-14(13-7-8-18-15(13)10-16)11-3-5-12(17-2)6-4-11/h3-8,14H,9-10H2,1-2H3. The second-order valence-corrected chi connectivity index (χ2v) is 4.82. The van der Waals surface area contributed by atoms with Crippen molar-refractivity contribution in [2.24, 2.45) is 0 Å². The van der Waals surface area contributed by atoms with Gasteiger partial charge in [0.1, 0.15) is 11.5 Å². The summed E-state index contributed by atoms with van der Waals surface area (Å²) >= 11 is 0. The molecule has 94 valence electrons. The maximum Gasteiger partial charge on any atom is 0.121 e. The molecular weight excluding hydrogens is 226 g/mol. The van der Waals surface area contributed by atoms with E-state index >= 15 is 0 Å². The molecule has 3 heteroatoms. The highest BCUT2D eigenvalue weighted by molar-refractivity contribution is 5.38. The minimum absolute atomic E-state index is 0.392. The van der Waals surface area contributed by atoms with Crippen molar-refractivity contribution in [3.8, 4) is 5.75 Å². The highest BCUT2D eigenvalue weighted by Gasteiger charge is 2.26. The highest BCUT2D eigenvalue weighted by Crippen LogP contribution is 2.34. The lowest BCUT2D eigenvalue weighted by Gasteiger charge is -2.29. The van der Waals surface area contributed by atoms with Gasteiger partial charge in [-0.1, -0.05) is 12.1 Å². The molecule has 0 spiro atoms. The molecule has 1 aliphatic heterocycles. The Bertz CT molecular complexity index is 530. The minimum atomic E-state index is 0.392. The van der Waals surface area contributed by atoms with Crippen molar-refractivity contribution >= 4 is 0 Å². The first-order chi connectivity index (χ1) is 8.78. The number of rotatable bonds is 2. The quantitative estimate of drug-likeness (QED) is 0.811. The van der Waals surface area contributed by atoms with E-state index < -0.39 is 0 Å². The molecule has 1 unspecified atom stereocenters. The van der Waals surface area contributed by atoms with Crippen molar-refractivity contribution in [2.45, 2.75) is 12.5 Å². The molecule has 3 nitrogen and oxygen atoms in total. The molecule has 0 N–H and O–H groups in total. The molecule has 0 fully saturated rings. The lowest BCUT2D eigenvalue weighted by Crippen LogP contribution is -2.30. The SMILES string of the molecule is COc1ccc(C2CN(C)Cc3occc32)cc1. The summed E-state index contributed by atoms with van der Waals surface area (Å²) in [5.74, 6) is 2.38. The molecule has 1 aromatic heterocycles. The molecule has 0 radical (unpaired) electrons. The summed E-state index contributed by atoms with van der Waals surface area (Å²) < 4.78 is 10.8. The van der Waals surface area contributed by atoms with Crippen molar-refractivity contribution in [2.75, 3.05) is 20.7 Å². The van der Waals surface area contributed by atoms with Crippen LogP contribution in [0.5, 0.6) is 5.75 Å². The van der Waals surface area contributed by atoms with Crippen LogP contribution < -0.4 is 4.74 Å². The molecule has 3 rings (SSSR count). The Hall–Kier alpha value is -1.74. The van der Waals surface area contributed by atoms with E-state index in [0.29, 0.717) is 5.92 Å². The lowest BCUT2D eigenvalue weighted by atomic mass is 9.88. The van der Waals surface area contributed by atoms with Crippen LogP contribution in [0.2, 0.25) is 0 Å². The maximum atomic E-state index is 5.56. The van der Waals surface area contributed by atoms with Gasteiger partial charge in [-0.3, -0.25) is 4.90 Å². The summed E-state index contributed by atoms with van der Waals surface area (Å²) in [5, 5.41) is 0. The van der Waals surface area contributed by atoms with Gasteiger partial charge >= 0.3 is 0 Å². The van der Waals surface area contributed by atoms with E-state index in [1.54, 1.807) is 13.4 Å². The Kier molecular flexibility index (Phi) is 2.84. The first kappa shape index (κ1) is 11.4. The molecule has 2 aromatic rings. The number of hydrogen-bond acceptors (Lipinski definition) is 3. The molecular formula is C15H17NO2. The largest absolute Gasteiger partial charge is 0.497 e. The van der Waals surface area contributed by atoms with Crippen LogP contribution in [0.1, 0.15) is 22.8 Å². The van der Waals surface area contributed by atoms with E-state index in [0.717, 1.165) is 24.6 Å². The van der Waals surface area contributed by atoms with Gasteiger partial charge in [0.05, 0.1) is 19.9 Å². The Balaban J connectivity index is 1.96. The predicted octanol–water partition coefficient (Wildman–Crippen LogP) is 2.87. The summed E-state index contributed by atoms with van der Waals surface area (Å²) in [6, 6.07) is 10.4. The number of fused-ring (bicyclic) bond motifs is 1. The van der Waals surface area contributed by atoms with E-state index in [1.165, 1.54) is 11.1 Å². The third kappa shape index (κ3) is 1.91. The van der Waals surface area contributed by atoms with Gasteiger partial charge in [-0.2, -0.15) is 0 Å². The number of likely N-dealkylation sites (N-methyl/N-ethyl adjacent to an activating group) is 1. The van der Waals surface area contributed by atoms with Crippen molar-refractivity contribution in [3.63, 3.8) is 0 Å². The molecule has 1 atom stereocenters. The summed E-state index contributed by atoms with van der Waals surface area (Å²) in [4.78, 5) is 2.29. The zero-order valence-corrected chi connectivity index (χ0v) is 10.7. The summed E-state index contributed by atoms with van der Waals surface area (Å²) in [5.41, 5.74) is 2.63. The third-order valence-corrected chi connectivity index (χ3v) is 3.58. The zero-order valence-electron chi connectivity index (χ0n) is 10.7. The maximum absolute atomic E-state index is 5.56. The van der Waals surface area contributed by atoms with Crippen LogP contribution in [-0.2, 0) is 6.54 Å². The predicted molar refractivity (Wildman–Crippen MR) is 69.9 cm³/mol. The fourth-order valence-electron chi connectivity index (χ4n) is 2.63.